The Balaban J connectivity index is 2.08. The molecule has 3 heteroatoms. The fourth-order valence-electron chi connectivity index (χ4n) is 2.60. The van der Waals surface area contributed by atoms with Gasteiger partial charge in [-0.1, -0.05) is 6.92 Å². The van der Waals surface area contributed by atoms with Crippen molar-refractivity contribution in [2.45, 2.75) is 25.3 Å². The van der Waals surface area contributed by atoms with Gasteiger partial charge in [0.15, 0.2) is 0 Å². The normalized spacial score (nSPS) is 24.2. The molecule has 1 aromatic rings. The van der Waals surface area contributed by atoms with Crippen LogP contribution in [0.2, 0.25) is 0 Å². The molecule has 0 radical (unpaired) electrons. The molecule has 0 spiro atoms. The molecule has 16 heavy (non-hydrogen) atoms. The van der Waals surface area contributed by atoms with E-state index in [1.54, 1.807) is 0 Å². The van der Waals surface area contributed by atoms with E-state index in [1.165, 1.54) is 12.0 Å². The van der Waals surface area contributed by atoms with E-state index >= 15 is 0 Å². The number of ether oxygens (including phenoxy) is 1. The SMILES string of the molecule is CNC(C1CCOC1)C(C)c1ccncc1. The fraction of sp³-hybridized carbons (Fsp3) is 0.615. The van der Waals surface area contributed by atoms with Crippen molar-refractivity contribution in [2.24, 2.45) is 5.92 Å². The van der Waals surface area contributed by atoms with Gasteiger partial charge in [0.1, 0.15) is 0 Å². The first-order valence-electron chi connectivity index (χ1n) is 5.98. The number of hydrogen-bond acceptors (Lipinski definition) is 3. The van der Waals surface area contributed by atoms with Gasteiger partial charge in [0.05, 0.1) is 6.61 Å². The molecule has 1 aromatic heterocycles. The van der Waals surface area contributed by atoms with Crippen molar-refractivity contribution in [3.63, 3.8) is 0 Å². The maximum Gasteiger partial charge on any atom is 0.0510 e. The number of aromatic nitrogens is 1. The quantitative estimate of drug-likeness (QED) is 0.840. The minimum atomic E-state index is 0.491. The molecule has 1 saturated heterocycles. The highest BCUT2D eigenvalue weighted by Crippen LogP contribution is 2.28. The lowest BCUT2D eigenvalue weighted by molar-refractivity contribution is 0.174. The number of pyridine rings is 1. The summed E-state index contributed by atoms with van der Waals surface area (Å²) < 4.78 is 5.47. The molecule has 1 fully saturated rings. The van der Waals surface area contributed by atoms with E-state index in [-0.39, 0.29) is 0 Å². The summed E-state index contributed by atoms with van der Waals surface area (Å²) >= 11 is 0. The molecule has 1 N–H and O–H groups in total. The van der Waals surface area contributed by atoms with Crippen molar-refractivity contribution in [1.29, 1.82) is 0 Å². The first-order valence-corrected chi connectivity index (χ1v) is 5.98. The molecule has 1 aliphatic rings. The van der Waals surface area contributed by atoms with Gasteiger partial charge in [-0.05, 0) is 37.1 Å². The summed E-state index contributed by atoms with van der Waals surface area (Å²) in [6.07, 6.45) is 4.90. The Bertz CT molecular complexity index is 309. The number of rotatable bonds is 4. The van der Waals surface area contributed by atoms with E-state index in [2.05, 4.69) is 29.4 Å². The summed E-state index contributed by atoms with van der Waals surface area (Å²) in [6, 6.07) is 4.69. The van der Waals surface area contributed by atoms with Crippen LogP contribution in [0.1, 0.15) is 24.8 Å². The van der Waals surface area contributed by atoms with Crippen LogP contribution in [0.15, 0.2) is 24.5 Å². The third-order valence-electron chi connectivity index (χ3n) is 3.58. The van der Waals surface area contributed by atoms with E-state index < -0.39 is 0 Å². The summed E-state index contributed by atoms with van der Waals surface area (Å²) in [5, 5.41) is 3.44. The van der Waals surface area contributed by atoms with Gasteiger partial charge < -0.3 is 10.1 Å². The highest BCUT2D eigenvalue weighted by atomic mass is 16.5. The minimum absolute atomic E-state index is 0.491. The average Bonchev–Trinajstić information content (AvgIpc) is 2.85. The molecule has 0 aromatic carbocycles. The predicted octanol–water partition coefficient (Wildman–Crippen LogP) is 1.81. The molecule has 0 bridgehead atoms. The van der Waals surface area contributed by atoms with Crippen molar-refractivity contribution >= 4 is 0 Å². The van der Waals surface area contributed by atoms with Crippen molar-refractivity contribution in [3.8, 4) is 0 Å². The van der Waals surface area contributed by atoms with E-state index in [9.17, 15) is 0 Å². The van der Waals surface area contributed by atoms with Crippen LogP contribution in [-0.4, -0.2) is 31.3 Å². The Morgan fingerprint density at radius 2 is 2.19 bits per heavy atom. The minimum Gasteiger partial charge on any atom is -0.381 e. The zero-order valence-electron chi connectivity index (χ0n) is 10.0. The summed E-state index contributed by atoms with van der Waals surface area (Å²) in [5.74, 6) is 1.13. The molecule has 3 atom stereocenters. The highest BCUT2D eigenvalue weighted by Gasteiger charge is 2.29. The molecular formula is C13H20N2O. The molecule has 2 rings (SSSR count). The van der Waals surface area contributed by atoms with Crippen LogP contribution in [-0.2, 0) is 4.74 Å². The molecule has 3 nitrogen and oxygen atoms in total. The summed E-state index contributed by atoms with van der Waals surface area (Å²) in [4.78, 5) is 4.07. The van der Waals surface area contributed by atoms with Gasteiger partial charge in [-0.15, -0.1) is 0 Å². The molecular weight excluding hydrogens is 200 g/mol. The average molecular weight is 220 g/mol. The van der Waals surface area contributed by atoms with Crippen LogP contribution in [0, 0.1) is 5.92 Å². The third kappa shape index (κ3) is 2.42. The van der Waals surface area contributed by atoms with E-state index in [1.807, 2.05) is 19.4 Å². The number of nitrogens with one attached hydrogen (secondary N) is 1. The lowest BCUT2D eigenvalue weighted by atomic mass is 9.85. The zero-order chi connectivity index (χ0) is 11.4. The van der Waals surface area contributed by atoms with E-state index in [0.29, 0.717) is 17.9 Å². The molecule has 0 saturated carbocycles. The maximum absolute atomic E-state index is 5.47. The second-order valence-electron chi connectivity index (χ2n) is 4.51. The summed E-state index contributed by atoms with van der Waals surface area (Å²) in [6.45, 7) is 4.07. The fourth-order valence-corrected chi connectivity index (χ4v) is 2.60. The van der Waals surface area contributed by atoms with Crippen LogP contribution in [0.5, 0.6) is 0 Å². The Morgan fingerprint density at radius 3 is 2.75 bits per heavy atom. The topological polar surface area (TPSA) is 34.1 Å². The standard InChI is InChI=1S/C13H20N2O/c1-10(11-3-6-15-7-4-11)13(14-2)12-5-8-16-9-12/h3-4,6-7,10,12-14H,5,8-9H2,1-2H3. The van der Waals surface area contributed by atoms with Gasteiger partial charge in [-0.3, -0.25) is 4.98 Å². The molecule has 88 valence electrons. The van der Waals surface area contributed by atoms with Crippen LogP contribution >= 0.6 is 0 Å². The number of hydrogen-bond donors (Lipinski definition) is 1. The lowest BCUT2D eigenvalue weighted by Crippen LogP contribution is -2.38. The number of nitrogens with zero attached hydrogens (tertiary/aromatic N) is 1. The van der Waals surface area contributed by atoms with Crippen LogP contribution in [0.3, 0.4) is 0 Å². The first kappa shape index (κ1) is 11.6. The summed E-state index contributed by atoms with van der Waals surface area (Å²) in [5.41, 5.74) is 1.35. The molecule has 1 aliphatic heterocycles. The Labute approximate surface area is 97.2 Å². The van der Waals surface area contributed by atoms with Crippen molar-refractivity contribution in [3.05, 3.63) is 30.1 Å². The largest absolute Gasteiger partial charge is 0.381 e. The van der Waals surface area contributed by atoms with Crippen molar-refractivity contribution in [1.82, 2.24) is 10.3 Å². The lowest BCUT2D eigenvalue weighted by Gasteiger charge is -2.28. The molecule has 0 aliphatic carbocycles. The van der Waals surface area contributed by atoms with Gasteiger partial charge in [0.25, 0.3) is 0 Å². The van der Waals surface area contributed by atoms with Gasteiger partial charge in [0, 0.05) is 31.0 Å². The highest BCUT2D eigenvalue weighted by molar-refractivity contribution is 5.17. The third-order valence-corrected chi connectivity index (χ3v) is 3.58. The number of likely N-dealkylation sites (N-methyl/N-ethyl adjacent to an activating group) is 1. The molecule has 3 unspecified atom stereocenters. The summed E-state index contributed by atoms with van der Waals surface area (Å²) in [7, 11) is 2.04. The van der Waals surface area contributed by atoms with Gasteiger partial charge >= 0.3 is 0 Å². The van der Waals surface area contributed by atoms with Crippen molar-refractivity contribution < 1.29 is 4.74 Å². The first-order chi connectivity index (χ1) is 7.83. The Kier molecular flexibility index (Phi) is 3.91. The second kappa shape index (κ2) is 5.41. The molecule has 0 amide bonds. The van der Waals surface area contributed by atoms with Crippen LogP contribution < -0.4 is 5.32 Å². The van der Waals surface area contributed by atoms with Gasteiger partial charge in [0.2, 0.25) is 0 Å². The smallest absolute Gasteiger partial charge is 0.0510 e. The van der Waals surface area contributed by atoms with Crippen molar-refractivity contribution in [2.75, 3.05) is 20.3 Å². The van der Waals surface area contributed by atoms with Crippen LogP contribution in [0.4, 0.5) is 0 Å². The molecule has 2 heterocycles. The van der Waals surface area contributed by atoms with Gasteiger partial charge in [-0.25, -0.2) is 0 Å². The van der Waals surface area contributed by atoms with Gasteiger partial charge in [-0.2, -0.15) is 0 Å². The van der Waals surface area contributed by atoms with E-state index in [4.69, 9.17) is 4.74 Å². The maximum atomic E-state index is 5.47. The second-order valence-corrected chi connectivity index (χ2v) is 4.51. The Morgan fingerprint density at radius 1 is 1.44 bits per heavy atom. The Hall–Kier alpha value is -0.930. The van der Waals surface area contributed by atoms with E-state index in [0.717, 1.165) is 13.2 Å². The van der Waals surface area contributed by atoms with Crippen LogP contribution in [0.25, 0.3) is 0 Å². The zero-order valence-corrected chi connectivity index (χ0v) is 10.0. The monoisotopic (exact) mass is 220 g/mol. The predicted molar refractivity (Wildman–Crippen MR) is 64.4 cm³/mol.